The molecule has 7 nitrogen and oxygen atoms in total. The number of hydrogen-bond donors (Lipinski definition) is 0. The first-order valence-electron chi connectivity index (χ1n) is 8.48. The summed E-state index contributed by atoms with van der Waals surface area (Å²) in [6.07, 6.45) is 3.53. The average Bonchev–Trinajstić information content (AvgIpc) is 3.25. The first-order valence-corrected chi connectivity index (χ1v) is 8.48. The van der Waals surface area contributed by atoms with Gasteiger partial charge >= 0.3 is 0 Å². The minimum absolute atomic E-state index is 0.0609. The number of aromatic nitrogens is 5. The second-order valence-electron chi connectivity index (χ2n) is 6.32. The van der Waals surface area contributed by atoms with Crippen LogP contribution in [-0.4, -0.2) is 49.2 Å². The van der Waals surface area contributed by atoms with Gasteiger partial charge in [-0.3, -0.25) is 9.58 Å². The van der Waals surface area contributed by atoms with Crippen LogP contribution in [-0.2, 0) is 18.3 Å². The van der Waals surface area contributed by atoms with Gasteiger partial charge in [0.2, 0.25) is 0 Å². The Morgan fingerprint density at radius 1 is 1.20 bits per heavy atom. The Kier molecular flexibility index (Phi) is 4.33. The van der Waals surface area contributed by atoms with Gasteiger partial charge < -0.3 is 4.74 Å². The van der Waals surface area contributed by atoms with Crippen molar-refractivity contribution in [2.24, 2.45) is 7.05 Å². The van der Waals surface area contributed by atoms with Gasteiger partial charge in [-0.25, -0.2) is 9.67 Å². The van der Waals surface area contributed by atoms with Gasteiger partial charge in [0.15, 0.2) is 5.82 Å². The molecule has 3 aromatic rings. The van der Waals surface area contributed by atoms with Crippen molar-refractivity contribution in [1.29, 1.82) is 0 Å². The highest BCUT2D eigenvalue weighted by Crippen LogP contribution is 2.26. The number of ether oxygens (including phenoxy) is 1. The van der Waals surface area contributed by atoms with Crippen LogP contribution in [0.4, 0.5) is 0 Å². The van der Waals surface area contributed by atoms with Crippen molar-refractivity contribution in [3.63, 3.8) is 0 Å². The van der Waals surface area contributed by atoms with Crippen molar-refractivity contribution in [3.05, 3.63) is 59.9 Å². The van der Waals surface area contributed by atoms with Crippen LogP contribution in [0, 0.1) is 6.92 Å². The number of benzene rings is 1. The summed E-state index contributed by atoms with van der Waals surface area (Å²) in [5.74, 6) is 0.908. The molecule has 0 spiro atoms. The van der Waals surface area contributed by atoms with E-state index in [9.17, 15) is 0 Å². The Labute approximate surface area is 146 Å². The van der Waals surface area contributed by atoms with E-state index < -0.39 is 0 Å². The monoisotopic (exact) mass is 338 g/mol. The summed E-state index contributed by atoms with van der Waals surface area (Å²) >= 11 is 0. The molecule has 3 heterocycles. The SMILES string of the molecule is Cc1cnn(C)c1CN1CCOC[C@H]1c1ncnn1-c1ccccc1. The third kappa shape index (κ3) is 3.08. The first kappa shape index (κ1) is 16.0. The number of para-hydroxylation sites is 1. The van der Waals surface area contributed by atoms with Crippen molar-refractivity contribution in [3.8, 4) is 5.69 Å². The van der Waals surface area contributed by atoms with E-state index in [0.29, 0.717) is 6.61 Å². The lowest BCUT2D eigenvalue weighted by atomic mass is 10.1. The zero-order chi connectivity index (χ0) is 17.2. The maximum atomic E-state index is 5.76. The predicted molar refractivity (Wildman–Crippen MR) is 93.3 cm³/mol. The highest BCUT2D eigenvalue weighted by atomic mass is 16.5. The normalized spacial score (nSPS) is 18.6. The second kappa shape index (κ2) is 6.78. The van der Waals surface area contributed by atoms with Gasteiger partial charge in [0, 0.05) is 20.1 Å². The summed E-state index contributed by atoms with van der Waals surface area (Å²) in [5.41, 5.74) is 3.44. The van der Waals surface area contributed by atoms with Crippen LogP contribution in [0.5, 0.6) is 0 Å². The fourth-order valence-corrected chi connectivity index (χ4v) is 3.30. The molecule has 1 aliphatic rings. The van der Waals surface area contributed by atoms with E-state index in [1.54, 1.807) is 6.33 Å². The zero-order valence-electron chi connectivity index (χ0n) is 14.5. The van der Waals surface area contributed by atoms with Gasteiger partial charge in [-0.1, -0.05) is 18.2 Å². The van der Waals surface area contributed by atoms with Crippen molar-refractivity contribution < 1.29 is 4.74 Å². The van der Waals surface area contributed by atoms with Gasteiger partial charge in [-0.15, -0.1) is 0 Å². The molecule has 0 bridgehead atoms. The summed E-state index contributed by atoms with van der Waals surface area (Å²) in [5, 5.41) is 8.79. The quantitative estimate of drug-likeness (QED) is 0.727. The topological polar surface area (TPSA) is 61.0 Å². The third-order valence-electron chi connectivity index (χ3n) is 4.74. The molecule has 0 amide bonds. The minimum atomic E-state index is 0.0609. The van der Waals surface area contributed by atoms with Crippen molar-refractivity contribution in [1.82, 2.24) is 29.4 Å². The predicted octanol–water partition coefficient (Wildman–Crippen LogP) is 1.88. The number of morpholine rings is 1. The standard InChI is InChI=1S/C18H22N6O/c1-14-10-20-22(2)16(14)11-23-8-9-25-12-17(23)18-19-13-21-24(18)15-6-4-3-5-7-15/h3-7,10,13,17H,8-9,11-12H2,1-2H3/t17-/m0/s1. The van der Waals surface area contributed by atoms with Crippen LogP contribution in [0.2, 0.25) is 0 Å². The molecule has 1 fully saturated rings. The molecule has 1 saturated heterocycles. The molecule has 1 atom stereocenters. The summed E-state index contributed by atoms with van der Waals surface area (Å²) in [4.78, 5) is 6.95. The van der Waals surface area contributed by atoms with E-state index in [0.717, 1.165) is 31.2 Å². The molecule has 0 saturated carbocycles. The highest BCUT2D eigenvalue weighted by molar-refractivity contribution is 5.31. The molecule has 0 radical (unpaired) electrons. The maximum absolute atomic E-state index is 5.76. The van der Waals surface area contributed by atoms with Crippen LogP contribution >= 0.6 is 0 Å². The molecule has 0 unspecified atom stereocenters. The van der Waals surface area contributed by atoms with Crippen molar-refractivity contribution >= 4 is 0 Å². The number of hydrogen-bond acceptors (Lipinski definition) is 5. The van der Waals surface area contributed by atoms with Crippen molar-refractivity contribution in [2.45, 2.75) is 19.5 Å². The smallest absolute Gasteiger partial charge is 0.151 e. The Morgan fingerprint density at radius 2 is 2.04 bits per heavy atom. The van der Waals surface area contributed by atoms with Gasteiger partial charge in [-0.05, 0) is 24.6 Å². The summed E-state index contributed by atoms with van der Waals surface area (Å²) in [6, 6.07) is 10.2. The van der Waals surface area contributed by atoms with E-state index >= 15 is 0 Å². The number of rotatable bonds is 4. The molecule has 2 aromatic heterocycles. The molecule has 0 N–H and O–H groups in total. The van der Waals surface area contributed by atoms with Gasteiger partial charge in [0.25, 0.3) is 0 Å². The highest BCUT2D eigenvalue weighted by Gasteiger charge is 2.30. The van der Waals surface area contributed by atoms with Gasteiger partial charge in [0.1, 0.15) is 6.33 Å². The van der Waals surface area contributed by atoms with Crippen LogP contribution in [0.3, 0.4) is 0 Å². The lowest BCUT2D eigenvalue weighted by Crippen LogP contribution is -2.40. The molecular weight excluding hydrogens is 316 g/mol. The largest absolute Gasteiger partial charge is 0.378 e. The summed E-state index contributed by atoms with van der Waals surface area (Å²) < 4.78 is 9.61. The maximum Gasteiger partial charge on any atom is 0.151 e. The van der Waals surface area contributed by atoms with Crippen LogP contribution < -0.4 is 0 Å². The second-order valence-corrected chi connectivity index (χ2v) is 6.32. The van der Waals surface area contributed by atoms with E-state index in [2.05, 4.69) is 27.0 Å². The molecule has 0 aliphatic carbocycles. The minimum Gasteiger partial charge on any atom is -0.378 e. The first-order chi connectivity index (χ1) is 12.2. The van der Waals surface area contributed by atoms with E-state index in [1.165, 1.54) is 11.3 Å². The lowest BCUT2D eigenvalue weighted by Gasteiger charge is -2.35. The van der Waals surface area contributed by atoms with E-state index in [4.69, 9.17) is 4.74 Å². The fraction of sp³-hybridized carbons (Fsp3) is 0.389. The van der Waals surface area contributed by atoms with Crippen LogP contribution in [0.25, 0.3) is 5.69 Å². The zero-order valence-corrected chi connectivity index (χ0v) is 14.5. The van der Waals surface area contributed by atoms with Gasteiger partial charge in [0.05, 0.1) is 36.8 Å². The van der Waals surface area contributed by atoms with E-state index in [1.807, 2.05) is 52.9 Å². The molecule has 7 heteroatoms. The van der Waals surface area contributed by atoms with Gasteiger partial charge in [-0.2, -0.15) is 10.2 Å². The number of aryl methyl sites for hydroxylation is 2. The molecule has 4 rings (SSSR count). The van der Waals surface area contributed by atoms with Crippen LogP contribution in [0.1, 0.15) is 23.1 Å². The Morgan fingerprint density at radius 3 is 2.80 bits per heavy atom. The molecular formula is C18H22N6O. The summed E-state index contributed by atoms with van der Waals surface area (Å²) in [6.45, 7) is 5.12. The lowest BCUT2D eigenvalue weighted by molar-refractivity contribution is -0.0177. The average molecular weight is 338 g/mol. The van der Waals surface area contributed by atoms with E-state index in [-0.39, 0.29) is 6.04 Å². The Balaban J connectivity index is 1.65. The molecule has 1 aromatic carbocycles. The Bertz CT molecular complexity index is 821. The molecule has 1 aliphatic heterocycles. The third-order valence-corrected chi connectivity index (χ3v) is 4.74. The van der Waals surface area contributed by atoms with Crippen LogP contribution in [0.15, 0.2) is 42.9 Å². The fourth-order valence-electron chi connectivity index (χ4n) is 3.30. The Hall–Kier alpha value is -2.51. The van der Waals surface area contributed by atoms with Crippen molar-refractivity contribution in [2.75, 3.05) is 19.8 Å². The number of nitrogens with zero attached hydrogens (tertiary/aromatic N) is 6. The summed E-state index contributed by atoms with van der Waals surface area (Å²) in [7, 11) is 1.99. The molecule has 25 heavy (non-hydrogen) atoms. The molecule has 130 valence electrons.